The summed E-state index contributed by atoms with van der Waals surface area (Å²) in [6.07, 6.45) is 0.762. The van der Waals surface area contributed by atoms with Gasteiger partial charge in [-0.15, -0.1) is 10.2 Å². The largest absolute Gasteiger partial charge is 0.325 e. The molecule has 0 aliphatic heterocycles. The van der Waals surface area contributed by atoms with Crippen LogP contribution in [0.2, 0.25) is 0 Å². The molecule has 4 N–H and O–H groups in total. The zero-order chi connectivity index (χ0) is 15.6. The van der Waals surface area contributed by atoms with Gasteiger partial charge in [-0.25, -0.2) is 8.42 Å². The van der Waals surface area contributed by atoms with Crippen LogP contribution in [0, 0.1) is 12.8 Å². The van der Waals surface area contributed by atoms with Crippen molar-refractivity contribution in [1.82, 2.24) is 20.4 Å². The van der Waals surface area contributed by atoms with E-state index in [1.807, 2.05) is 0 Å². The fourth-order valence-corrected chi connectivity index (χ4v) is 4.42. The van der Waals surface area contributed by atoms with Crippen LogP contribution in [-0.2, 0) is 23.0 Å². The predicted octanol–water partition coefficient (Wildman–Crippen LogP) is 1.03. The van der Waals surface area contributed by atoms with E-state index in [1.165, 1.54) is 11.3 Å². The summed E-state index contributed by atoms with van der Waals surface area (Å²) in [6, 6.07) is 0. The summed E-state index contributed by atoms with van der Waals surface area (Å²) in [5.74, 6) is 0.433. The van der Waals surface area contributed by atoms with E-state index < -0.39 is 10.0 Å². The fourth-order valence-electron chi connectivity index (χ4n) is 1.86. The number of hydrogen-bond donors (Lipinski definition) is 3. The molecule has 0 amide bonds. The molecule has 0 aliphatic carbocycles. The maximum Gasteiger partial charge on any atom is 0.267 e. The number of H-pyrrole nitrogens is 1. The van der Waals surface area contributed by atoms with Crippen LogP contribution >= 0.6 is 11.3 Å². The van der Waals surface area contributed by atoms with E-state index in [1.54, 1.807) is 6.92 Å². The normalized spacial score (nSPS) is 12.0. The molecule has 0 spiro atoms. The fraction of sp³-hybridized carbons (Fsp3) is 0.545. The smallest absolute Gasteiger partial charge is 0.267 e. The number of nitrogens with one attached hydrogen (secondary N) is 2. The average molecular weight is 330 g/mol. The van der Waals surface area contributed by atoms with Gasteiger partial charge in [-0.3, -0.25) is 9.82 Å². The first kappa shape index (κ1) is 15.9. The summed E-state index contributed by atoms with van der Waals surface area (Å²) in [4.78, 5) is 0.0746. The van der Waals surface area contributed by atoms with Crippen LogP contribution in [0.3, 0.4) is 0 Å². The maximum absolute atomic E-state index is 12.4. The highest BCUT2D eigenvalue weighted by atomic mass is 32.2. The quantitative estimate of drug-likeness (QED) is 0.726. The molecule has 21 heavy (non-hydrogen) atoms. The highest BCUT2D eigenvalue weighted by molar-refractivity contribution is 7.93. The van der Waals surface area contributed by atoms with Crippen LogP contribution in [0.5, 0.6) is 0 Å². The summed E-state index contributed by atoms with van der Waals surface area (Å²) >= 11 is 1.23. The van der Waals surface area contributed by atoms with E-state index in [2.05, 4.69) is 39.0 Å². The molecule has 0 bridgehead atoms. The van der Waals surface area contributed by atoms with Crippen LogP contribution < -0.4 is 10.5 Å². The Hall–Kier alpha value is -1.52. The summed E-state index contributed by atoms with van der Waals surface area (Å²) in [5, 5.41) is 15.4. The molecule has 2 aromatic rings. The van der Waals surface area contributed by atoms with Gasteiger partial charge in [-0.2, -0.15) is 5.10 Å². The minimum Gasteiger partial charge on any atom is -0.325 e. The highest BCUT2D eigenvalue weighted by Crippen LogP contribution is 2.24. The van der Waals surface area contributed by atoms with Gasteiger partial charge in [0, 0.05) is 13.0 Å². The van der Waals surface area contributed by atoms with Gasteiger partial charge in [0.25, 0.3) is 10.0 Å². The van der Waals surface area contributed by atoms with E-state index in [-0.39, 0.29) is 16.6 Å². The average Bonchev–Trinajstić information content (AvgIpc) is 2.94. The Kier molecular flexibility index (Phi) is 4.59. The van der Waals surface area contributed by atoms with Gasteiger partial charge in [0.2, 0.25) is 5.13 Å². The van der Waals surface area contributed by atoms with Crippen molar-refractivity contribution in [3.63, 3.8) is 0 Å². The standard InChI is InChI=1S/C11H18N6O2S2/c1-6(2)4-9-15-16-11(20-9)17-21(18,19)10-7(3)13-14-8(10)5-12/h6H,4-5,12H2,1-3H3,(H,13,14)(H,16,17). The van der Waals surface area contributed by atoms with E-state index in [0.717, 1.165) is 11.4 Å². The SMILES string of the molecule is Cc1[nH]nc(CN)c1S(=O)(=O)Nc1nnc(CC(C)C)s1. The van der Waals surface area contributed by atoms with Crippen molar-refractivity contribution in [3.8, 4) is 0 Å². The first-order chi connectivity index (χ1) is 9.83. The van der Waals surface area contributed by atoms with Crippen molar-refractivity contribution in [2.75, 3.05) is 4.72 Å². The number of hydrogen-bond acceptors (Lipinski definition) is 7. The molecule has 0 atom stereocenters. The van der Waals surface area contributed by atoms with Crippen molar-refractivity contribution in [1.29, 1.82) is 0 Å². The molecule has 8 nitrogen and oxygen atoms in total. The van der Waals surface area contributed by atoms with E-state index >= 15 is 0 Å². The van der Waals surface area contributed by atoms with Gasteiger partial charge >= 0.3 is 0 Å². The molecule has 10 heteroatoms. The lowest BCUT2D eigenvalue weighted by Crippen LogP contribution is -2.16. The van der Waals surface area contributed by atoms with E-state index in [4.69, 9.17) is 5.73 Å². The second kappa shape index (κ2) is 6.08. The van der Waals surface area contributed by atoms with Crippen LogP contribution in [0.4, 0.5) is 5.13 Å². The third-order valence-corrected chi connectivity index (χ3v) is 5.23. The number of aromatic amines is 1. The van der Waals surface area contributed by atoms with Crippen LogP contribution in [-0.4, -0.2) is 28.8 Å². The predicted molar refractivity (Wildman–Crippen MR) is 80.5 cm³/mol. The zero-order valence-corrected chi connectivity index (χ0v) is 13.7. The summed E-state index contributed by atoms with van der Waals surface area (Å²) in [7, 11) is -3.77. The third kappa shape index (κ3) is 3.57. The Balaban J connectivity index is 2.25. The second-order valence-electron chi connectivity index (χ2n) is 5.03. The van der Waals surface area contributed by atoms with Gasteiger partial charge in [0.1, 0.15) is 9.90 Å². The van der Waals surface area contributed by atoms with Gasteiger partial charge in [-0.1, -0.05) is 25.2 Å². The first-order valence-electron chi connectivity index (χ1n) is 6.42. The zero-order valence-electron chi connectivity index (χ0n) is 12.0. The molecule has 0 aromatic carbocycles. The Morgan fingerprint density at radius 3 is 2.71 bits per heavy atom. The molecular weight excluding hydrogens is 312 g/mol. The molecule has 2 aromatic heterocycles. The number of aromatic nitrogens is 4. The monoisotopic (exact) mass is 330 g/mol. The molecule has 0 fully saturated rings. The number of nitrogens with two attached hydrogens (primary N) is 1. The lowest BCUT2D eigenvalue weighted by molar-refractivity contribution is 0.599. The Morgan fingerprint density at radius 2 is 2.10 bits per heavy atom. The van der Waals surface area contributed by atoms with Gasteiger partial charge < -0.3 is 5.73 Å². The molecule has 0 unspecified atom stereocenters. The summed E-state index contributed by atoms with van der Waals surface area (Å²) in [6.45, 7) is 5.79. The minimum absolute atomic E-state index is 0.0370. The molecule has 0 saturated carbocycles. The summed E-state index contributed by atoms with van der Waals surface area (Å²) in [5.41, 5.74) is 6.25. The van der Waals surface area contributed by atoms with Crippen molar-refractivity contribution >= 4 is 26.5 Å². The number of sulfonamides is 1. The molecule has 116 valence electrons. The van der Waals surface area contributed by atoms with Crippen molar-refractivity contribution in [2.24, 2.45) is 11.7 Å². The van der Waals surface area contributed by atoms with E-state index in [9.17, 15) is 8.42 Å². The second-order valence-corrected chi connectivity index (χ2v) is 7.71. The van der Waals surface area contributed by atoms with Crippen LogP contribution in [0.15, 0.2) is 4.90 Å². The van der Waals surface area contributed by atoms with Gasteiger partial charge in [-0.05, 0) is 12.8 Å². The third-order valence-electron chi connectivity index (χ3n) is 2.69. The molecular formula is C11H18N6O2S2. The van der Waals surface area contributed by atoms with Gasteiger partial charge in [0.15, 0.2) is 0 Å². The Morgan fingerprint density at radius 1 is 1.38 bits per heavy atom. The number of anilines is 1. The van der Waals surface area contributed by atoms with Crippen LogP contribution in [0.1, 0.15) is 30.2 Å². The van der Waals surface area contributed by atoms with Gasteiger partial charge in [0.05, 0.1) is 11.4 Å². The van der Waals surface area contributed by atoms with Crippen molar-refractivity contribution in [2.45, 2.75) is 38.6 Å². The van der Waals surface area contributed by atoms with Crippen LogP contribution in [0.25, 0.3) is 0 Å². The molecule has 0 aliphatic rings. The molecule has 0 radical (unpaired) electrons. The number of nitrogens with zero attached hydrogens (tertiary/aromatic N) is 3. The number of rotatable bonds is 6. The van der Waals surface area contributed by atoms with E-state index in [0.29, 0.717) is 17.3 Å². The highest BCUT2D eigenvalue weighted by Gasteiger charge is 2.25. The maximum atomic E-state index is 12.4. The lowest BCUT2D eigenvalue weighted by Gasteiger charge is -2.05. The Bertz CT molecular complexity index is 719. The topological polar surface area (TPSA) is 127 Å². The minimum atomic E-state index is -3.77. The molecule has 2 heterocycles. The molecule has 0 saturated heterocycles. The number of aryl methyl sites for hydroxylation is 1. The van der Waals surface area contributed by atoms with Crippen molar-refractivity contribution in [3.05, 3.63) is 16.4 Å². The molecule has 2 rings (SSSR count). The summed E-state index contributed by atoms with van der Waals surface area (Å²) < 4.78 is 27.2. The first-order valence-corrected chi connectivity index (χ1v) is 8.72. The Labute approximate surface area is 127 Å². The lowest BCUT2D eigenvalue weighted by atomic mass is 10.1. The van der Waals surface area contributed by atoms with Crippen molar-refractivity contribution < 1.29 is 8.42 Å².